The highest BCUT2D eigenvalue weighted by atomic mass is 19.4. The number of benzene rings is 3. The molecule has 5 nitrogen and oxygen atoms in total. The second kappa shape index (κ2) is 8.50. The molecule has 0 aliphatic rings. The Morgan fingerprint density at radius 1 is 1.07 bits per heavy atom. The normalized spacial score (nSPS) is 12.6. The quantitative estimate of drug-likeness (QED) is 0.584. The van der Waals surface area contributed by atoms with Gasteiger partial charge in [0.1, 0.15) is 11.5 Å². The molecule has 0 fully saturated rings. The Balaban J connectivity index is 1.80. The van der Waals surface area contributed by atoms with Crippen LogP contribution in [0.25, 0.3) is 10.8 Å². The van der Waals surface area contributed by atoms with Crippen molar-refractivity contribution in [3.05, 3.63) is 71.8 Å². The number of carbonyl (C=O) groups excluding carboxylic acids is 1. The van der Waals surface area contributed by atoms with Gasteiger partial charge in [-0.05, 0) is 53.9 Å². The SMILES string of the molecule is O=C(NC[C@H](O)CO)c1ccc2c(Oc3ccc(C(F)(F)F)cc3)cccc2c1. The van der Waals surface area contributed by atoms with Crippen molar-refractivity contribution in [1.82, 2.24) is 5.32 Å². The van der Waals surface area contributed by atoms with Crippen molar-refractivity contribution in [3.63, 3.8) is 0 Å². The van der Waals surface area contributed by atoms with E-state index >= 15 is 0 Å². The van der Waals surface area contributed by atoms with E-state index in [0.29, 0.717) is 22.1 Å². The first-order chi connectivity index (χ1) is 13.8. The molecule has 3 aromatic rings. The number of nitrogens with one attached hydrogen (secondary N) is 1. The number of hydrogen-bond donors (Lipinski definition) is 3. The monoisotopic (exact) mass is 405 g/mol. The lowest BCUT2D eigenvalue weighted by molar-refractivity contribution is -0.137. The van der Waals surface area contributed by atoms with E-state index in [2.05, 4.69) is 5.32 Å². The molecular formula is C21H18F3NO4. The van der Waals surface area contributed by atoms with Crippen LogP contribution in [0.3, 0.4) is 0 Å². The molecule has 0 aliphatic heterocycles. The first-order valence-corrected chi connectivity index (χ1v) is 8.73. The van der Waals surface area contributed by atoms with Crippen molar-refractivity contribution in [2.45, 2.75) is 12.3 Å². The Hall–Kier alpha value is -3.10. The van der Waals surface area contributed by atoms with Gasteiger partial charge in [-0.2, -0.15) is 13.2 Å². The van der Waals surface area contributed by atoms with Crippen LogP contribution in [0.15, 0.2) is 60.7 Å². The van der Waals surface area contributed by atoms with E-state index in [0.717, 1.165) is 12.1 Å². The molecule has 0 aliphatic carbocycles. The van der Waals surface area contributed by atoms with E-state index in [1.807, 2.05) is 0 Å². The number of aliphatic hydroxyl groups is 2. The second-order valence-corrected chi connectivity index (χ2v) is 6.36. The van der Waals surface area contributed by atoms with Gasteiger partial charge in [-0.15, -0.1) is 0 Å². The average molecular weight is 405 g/mol. The maximum Gasteiger partial charge on any atom is 0.416 e. The maximum atomic E-state index is 12.7. The molecule has 8 heteroatoms. The molecule has 0 aromatic heterocycles. The van der Waals surface area contributed by atoms with Crippen LogP contribution >= 0.6 is 0 Å². The van der Waals surface area contributed by atoms with E-state index in [-0.39, 0.29) is 12.3 Å². The predicted molar refractivity (Wildman–Crippen MR) is 101 cm³/mol. The fourth-order valence-corrected chi connectivity index (χ4v) is 2.70. The molecule has 0 radical (unpaired) electrons. The molecule has 0 unspecified atom stereocenters. The van der Waals surface area contributed by atoms with Gasteiger partial charge in [-0.25, -0.2) is 0 Å². The molecule has 0 saturated carbocycles. The molecule has 3 rings (SSSR count). The largest absolute Gasteiger partial charge is 0.457 e. The van der Waals surface area contributed by atoms with Crippen molar-refractivity contribution in [2.75, 3.05) is 13.2 Å². The molecule has 3 N–H and O–H groups in total. The highest BCUT2D eigenvalue weighted by molar-refractivity contribution is 5.99. The number of amides is 1. The van der Waals surface area contributed by atoms with Gasteiger partial charge >= 0.3 is 6.18 Å². The third-order valence-corrected chi connectivity index (χ3v) is 4.22. The number of fused-ring (bicyclic) bond motifs is 1. The summed E-state index contributed by atoms with van der Waals surface area (Å²) in [6.07, 6.45) is -5.45. The molecule has 0 bridgehead atoms. The highest BCUT2D eigenvalue weighted by Crippen LogP contribution is 2.33. The molecule has 0 saturated heterocycles. The Kier molecular flexibility index (Phi) is 6.05. The second-order valence-electron chi connectivity index (χ2n) is 6.36. The summed E-state index contributed by atoms with van der Waals surface area (Å²) in [6, 6.07) is 14.4. The number of halogens is 3. The number of alkyl halides is 3. The lowest BCUT2D eigenvalue weighted by Gasteiger charge is -2.12. The zero-order chi connectivity index (χ0) is 21.0. The Bertz CT molecular complexity index is 1000. The third-order valence-electron chi connectivity index (χ3n) is 4.22. The molecule has 1 atom stereocenters. The minimum Gasteiger partial charge on any atom is -0.457 e. The maximum absolute atomic E-state index is 12.7. The summed E-state index contributed by atoms with van der Waals surface area (Å²) in [7, 11) is 0. The lowest BCUT2D eigenvalue weighted by atomic mass is 10.1. The van der Waals surface area contributed by atoms with E-state index in [1.54, 1.807) is 36.4 Å². The minimum absolute atomic E-state index is 0.0789. The Labute approximate surface area is 164 Å². The van der Waals surface area contributed by atoms with Crippen LogP contribution in [0.1, 0.15) is 15.9 Å². The van der Waals surface area contributed by atoms with Gasteiger partial charge in [0.05, 0.1) is 18.3 Å². The van der Waals surface area contributed by atoms with Gasteiger partial charge in [0.2, 0.25) is 0 Å². The molecule has 29 heavy (non-hydrogen) atoms. The number of hydrogen-bond acceptors (Lipinski definition) is 4. The molecule has 1 amide bonds. The fourth-order valence-electron chi connectivity index (χ4n) is 2.70. The van der Waals surface area contributed by atoms with Crippen molar-refractivity contribution >= 4 is 16.7 Å². The van der Waals surface area contributed by atoms with Crippen LogP contribution < -0.4 is 10.1 Å². The van der Waals surface area contributed by atoms with E-state index in [1.165, 1.54) is 12.1 Å². The van der Waals surface area contributed by atoms with Crippen LogP contribution in [0.4, 0.5) is 13.2 Å². The topological polar surface area (TPSA) is 78.8 Å². The van der Waals surface area contributed by atoms with Gasteiger partial charge < -0.3 is 20.3 Å². The number of aliphatic hydroxyl groups excluding tert-OH is 2. The lowest BCUT2D eigenvalue weighted by Crippen LogP contribution is -2.33. The number of carbonyl (C=O) groups is 1. The molecular weight excluding hydrogens is 387 g/mol. The zero-order valence-electron chi connectivity index (χ0n) is 15.1. The van der Waals surface area contributed by atoms with E-state index in [9.17, 15) is 23.1 Å². The summed E-state index contributed by atoms with van der Waals surface area (Å²) in [5, 5.41) is 22.0. The zero-order valence-corrected chi connectivity index (χ0v) is 15.1. The molecule has 0 spiro atoms. The molecule has 0 heterocycles. The fraction of sp³-hybridized carbons (Fsp3) is 0.190. The Morgan fingerprint density at radius 2 is 1.79 bits per heavy atom. The summed E-state index contributed by atoms with van der Waals surface area (Å²) in [4.78, 5) is 12.2. The minimum atomic E-state index is -4.41. The van der Waals surface area contributed by atoms with Crippen molar-refractivity contribution in [3.8, 4) is 11.5 Å². The van der Waals surface area contributed by atoms with E-state index in [4.69, 9.17) is 9.84 Å². The van der Waals surface area contributed by atoms with Gasteiger partial charge in [0.25, 0.3) is 5.91 Å². The third kappa shape index (κ3) is 5.04. The first kappa shape index (κ1) is 20.6. The van der Waals surface area contributed by atoms with Crippen LogP contribution in [0, 0.1) is 0 Å². The predicted octanol–water partition coefficient (Wildman–Crippen LogP) is 3.73. The van der Waals surface area contributed by atoms with Crippen molar-refractivity contribution in [2.24, 2.45) is 0 Å². The first-order valence-electron chi connectivity index (χ1n) is 8.73. The van der Waals surface area contributed by atoms with Gasteiger partial charge in [-0.3, -0.25) is 4.79 Å². The van der Waals surface area contributed by atoms with Crippen molar-refractivity contribution < 1.29 is 32.9 Å². The van der Waals surface area contributed by atoms with Crippen LogP contribution in [0.5, 0.6) is 11.5 Å². The highest BCUT2D eigenvalue weighted by Gasteiger charge is 2.30. The summed E-state index contributed by atoms with van der Waals surface area (Å²) in [5.41, 5.74) is -0.404. The van der Waals surface area contributed by atoms with Crippen LogP contribution in [0.2, 0.25) is 0 Å². The van der Waals surface area contributed by atoms with Gasteiger partial charge in [-0.1, -0.05) is 12.1 Å². The number of rotatable bonds is 6. The molecule has 152 valence electrons. The van der Waals surface area contributed by atoms with Gasteiger partial charge in [0, 0.05) is 17.5 Å². The summed E-state index contributed by atoms with van der Waals surface area (Å²) in [5.74, 6) is 0.281. The van der Waals surface area contributed by atoms with Gasteiger partial charge in [0.15, 0.2) is 0 Å². The van der Waals surface area contributed by atoms with Crippen molar-refractivity contribution in [1.29, 1.82) is 0 Å². The van der Waals surface area contributed by atoms with Crippen LogP contribution in [-0.4, -0.2) is 35.4 Å². The Morgan fingerprint density at radius 3 is 2.45 bits per heavy atom. The standard InChI is InChI=1S/C21H18F3NO4/c22-21(23,24)15-5-7-17(8-6-15)29-19-3-1-2-13-10-14(4-9-18(13)19)20(28)25-11-16(27)12-26/h1-10,16,26-27H,11-12H2,(H,25,28)/t16-/m0/s1. The summed E-state index contributed by atoms with van der Waals surface area (Å²) in [6.45, 7) is -0.535. The average Bonchev–Trinajstić information content (AvgIpc) is 2.71. The summed E-state index contributed by atoms with van der Waals surface area (Å²) < 4.78 is 43.8. The van der Waals surface area contributed by atoms with Crippen LogP contribution in [-0.2, 0) is 6.18 Å². The number of ether oxygens (including phenoxy) is 1. The molecule has 3 aromatic carbocycles. The smallest absolute Gasteiger partial charge is 0.416 e. The van der Waals surface area contributed by atoms with E-state index < -0.39 is 30.4 Å². The summed E-state index contributed by atoms with van der Waals surface area (Å²) >= 11 is 0.